The molecule has 0 aliphatic carbocycles. The Morgan fingerprint density at radius 2 is 1.57 bits per heavy atom. The number of anilines is 1. The fraction of sp³-hybridized carbons (Fsp3) is 0.297. The van der Waals surface area contributed by atoms with Gasteiger partial charge in [-0.15, -0.1) is 0 Å². The van der Waals surface area contributed by atoms with E-state index in [9.17, 15) is 18.0 Å². The number of nitrogens with one attached hydrogen (secondary N) is 1. The lowest BCUT2D eigenvalue weighted by molar-refractivity contribution is -0.140. The predicted molar refractivity (Wildman–Crippen MR) is 187 cm³/mol. The molecule has 2 atom stereocenters. The zero-order valence-corrected chi connectivity index (χ0v) is 29.0. The van der Waals surface area contributed by atoms with E-state index in [1.54, 1.807) is 56.5 Å². The summed E-state index contributed by atoms with van der Waals surface area (Å²) in [6.45, 7) is 6.98. The molecule has 0 fully saturated rings. The van der Waals surface area contributed by atoms with E-state index in [0.717, 1.165) is 21.0 Å². The molecular formula is C37H42ClN3O5S. The van der Waals surface area contributed by atoms with Crippen molar-refractivity contribution >= 4 is 39.1 Å². The summed E-state index contributed by atoms with van der Waals surface area (Å²) in [5.74, 6) is -0.271. The number of nitrogens with zero attached hydrogens (tertiary/aromatic N) is 2. The molecule has 4 aromatic carbocycles. The van der Waals surface area contributed by atoms with E-state index in [1.165, 1.54) is 17.0 Å². The van der Waals surface area contributed by atoms with E-state index in [1.807, 2.05) is 63.2 Å². The molecule has 10 heteroatoms. The van der Waals surface area contributed by atoms with Gasteiger partial charge in [0, 0.05) is 24.0 Å². The molecule has 0 bridgehead atoms. The highest BCUT2D eigenvalue weighted by Crippen LogP contribution is 2.30. The van der Waals surface area contributed by atoms with Gasteiger partial charge in [0.25, 0.3) is 10.0 Å². The molecule has 0 saturated heterocycles. The third-order valence-corrected chi connectivity index (χ3v) is 10.1. The Hall–Kier alpha value is -4.34. The average molecular weight is 676 g/mol. The van der Waals surface area contributed by atoms with E-state index in [2.05, 4.69) is 5.32 Å². The molecule has 0 heterocycles. The van der Waals surface area contributed by atoms with Crippen LogP contribution in [-0.2, 0) is 32.6 Å². The molecule has 0 aliphatic heterocycles. The van der Waals surface area contributed by atoms with Crippen molar-refractivity contribution in [3.05, 3.63) is 124 Å². The fourth-order valence-corrected chi connectivity index (χ4v) is 6.92. The first-order valence-corrected chi connectivity index (χ1v) is 17.4. The molecule has 47 heavy (non-hydrogen) atoms. The molecule has 0 aromatic heterocycles. The van der Waals surface area contributed by atoms with Gasteiger partial charge in [-0.2, -0.15) is 0 Å². The summed E-state index contributed by atoms with van der Waals surface area (Å²) < 4.78 is 35.1. The monoisotopic (exact) mass is 675 g/mol. The highest BCUT2D eigenvalue weighted by Gasteiger charge is 2.35. The van der Waals surface area contributed by atoms with Crippen LogP contribution in [-0.4, -0.2) is 50.9 Å². The maximum Gasteiger partial charge on any atom is 0.264 e. The summed E-state index contributed by atoms with van der Waals surface area (Å²) in [5, 5.41) is 3.49. The largest absolute Gasteiger partial charge is 0.497 e. The minimum Gasteiger partial charge on any atom is -0.497 e. The maximum atomic E-state index is 14.7. The summed E-state index contributed by atoms with van der Waals surface area (Å²) in [4.78, 5) is 30.2. The number of sulfonamides is 1. The summed E-state index contributed by atoms with van der Waals surface area (Å²) in [6.07, 6.45) is 0.926. The Kier molecular flexibility index (Phi) is 12.1. The van der Waals surface area contributed by atoms with Crippen LogP contribution in [0.5, 0.6) is 5.75 Å². The van der Waals surface area contributed by atoms with Gasteiger partial charge in [0.05, 0.1) is 17.7 Å². The number of hydrogen-bond acceptors (Lipinski definition) is 5. The van der Waals surface area contributed by atoms with Crippen molar-refractivity contribution in [2.45, 2.75) is 64.1 Å². The molecule has 2 amide bonds. The number of hydrogen-bond donors (Lipinski definition) is 1. The van der Waals surface area contributed by atoms with Gasteiger partial charge in [-0.05, 0) is 86.3 Å². The Morgan fingerprint density at radius 1 is 0.894 bits per heavy atom. The van der Waals surface area contributed by atoms with Crippen molar-refractivity contribution in [3.8, 4) is 5.75 Å². The first kappa shape index (κ1) is 35.5. The van der Waals surface area contributed by atoms with Crippen LogP contribution in [0.15, 0.2) is 102 Å². The van der Waals surface area contributed by atoms with Crippen molar-refractivity contribution in [3.63, 3.8) is 0 Å². The van der Waals surface area contributed by atoms with Crippen LogP contribution in [0.1, 0.15) is 42.5 Å². The zero-order valence-electron chi connectivity index (χ0n) is 27.4. The Labute approximate surface area is 283 Å². The van der Waals surface area contributed by atoms with Crippen LogP contribution in [0.4, 0.5) is 5.69 Å². The van der Waals surface area contributed by atoms with Gasteiger partial charge in [0.15, 0.2) is 0 Å². The molecule has 4 aromatic rings. The number of carbonyl (C=O) groups is 2. The summed E-state index contributed by atoms with van der Waals surface area (Å²) >= 11 is 6.25. The predicted octanol–water partition coefficient (Wildman–Crippen LogP) is 6.72. The number of rotatable bonds is 14. The number of ether oxygens (including phenoxy) is 1. The number of halogens is 1. The first-order chi connectivity index (χ1) is 22.4. The standard InChI is InChI=1S/C37H42ClN3O5S/c1-6-28(4)39-37(43)35(23-29-11-8-7-9-12-29)40(24-30-13-10-14-32(22-30)46-5)36(42)25-41(34-20-17-31(38)21-27(34)3)47(44,45)33-18-15-26(2)16-19-33/h7-22,28,35H,6,23-25H2,1-5H3,(H,39,43)/t28-,35+/m1/s1. The lowest BCUT2D eigenvalue weighted by Gasteiger charge is -2.34. The van der Waals surface area contributed by atoms with Crippen LogP contribution >= 0.6 is 11.6 Å². The first-order valence-electron chi connectivity index (χ1n) is 15.5. The number of benzene rings is 4. The zero-order chi connectivity index (χ0) is 34.1. The van der Waals surface area contributed by atoms with Gasteiger partial charge >= 0.3 is 0 Å². The smallest absolute Gasteiger partial charge is 0.264 e. The summed E-state index contributed by atoms with van der Waals surface area (Å²) in [7, 11) is -2.67. The number of aryl methyl sites for hydroxylation is 2. The van der Waals surface area contributed by atoms with Crippen LogP contribution < -0.4 is 14.4 Å². The minimum absolute atomic E-state index is 0.0411. The van der Waals surface area contributed by atoms with Crippen molar-refractivity contribution in [2.75, 3.05) is 18.0 Å². The van der Waals surface area contributed by atoms with Gasteiger partial charge in [-0.3, -0.25) is 13.9 Å². The van der Waals surface area contributed by atoms with Crippen LogP contribution in [0.2, 0.25) is 5.02 Å². The molecule has 0 aliphatic rings. The molecule has 8 nitrogen and oxygen atoms in total. The number of methoxy groups -OCH3 is 1. The molecule has 0 radical (unpaired) electrons. The SMILES string of the molecule is CC[C@@H](C)NC(=O)[C@H](Cc1ccccc1)N(Cc1cccc(OC)c1)C(=O)CN(c1ccc(Cl)cc1C)S(=O)(=O)c1ccc(C)cc1. The lowest BCUT2D eigenvalue weighted by Crippen LogP contribution is -2.54. The lowest BCUT2D eigenvalue weighted by atomic mass is 10.0. The fourth-order valence-electron chi connectivity index (χ4n) is 5.21. The van der Waals surface area contributed by atoms with Gasteiger partial charge in [-0.25, -0.2) is 8.42 Å². The molecule has 4 rings (SSSR count). The molecule has 1 N–H and O–H groups in total. The third-order valence-electron chi connectivity index (χ3n) is 8.07. The van der Waals surface area contributed by atoms with Crippen LogP contribution in [0, 0.1) is 13.8 Å². The maximum absolute atomic E-state index is 14.7. The second kappa shape index (κ2) is 16.0. The van der Waals surface area contributed by atoms with Gasteiger partial charge < -0.3 is 15.0 Å². The minimum atomic E-state index is -4.22. The molecule has 0 spiro atoms. The topological polar surface area (TPSA) is 96.0 Å². The molecule has 0 unspecified atom stereocenters. The average Bonchev–Trinajstić information content (AvgIpc) is 3.06. The summed E-state index contributed by atoms with van der Waals surface area (Å²) in [5.41, 5.74) is 3.37. The van der Waals surface area contributed by atoms with E-state index >= 15 is 0 Å². The van der Waals surface area contributed by atoms with Gasteiger partial charge in [0.1, 0.15) is 18.3 Å². The third kappa shape index (κ3) is 9.14. The molecular weight excluding hydrogens is 634 g/mol. The Balaban J connectivity index is 1.84. The summed E-state index contributed by atoms with van der Waals surface area (Å²) in [6, 6.07) is 27.0. The quantitative estimate of drug-likeness (QED) is 0.160. The van der Waals surface area contributed by atoms with E-state index in [-0.39, 0.29) is 29.8 Å². The second-order valence-electron chi connectivity index (χ2n) is 11.7. The number of carbonyl (C=O) groups excluding carboxylic acids is 2. The van der Waals surface area contributed by atoms with Gasteiger partial charge in [-0.1, -0.05) is 78.7 Å². The van der Waals surface area contributed by atoms with Gasteiger partial charge in [0.2, 0.25) is 11.8 Å². The molecule has 0 saturated carbocycles. The molecule has 248 valence electrons. The van der Waals surface area contributed by atoms with Crippen molar-refractivity contribution in [1.82, 2.24) is 10.2 Å². The normalized spacial score (nSPS) is 12.6. The van der Waals surface area contributed by atoms with Crippen molar-refractivity contribution in [2.24, 2.45) is 0 Å². The second-order valence-corrected chi connectivity index (χ2v) is 14.0. The van der Waals surface area contributed by atoms with Crippen LogP contribution in [0.3, 0.4) is 0 Å². The highest BCUT2D eigenvalue weighted by molar-refractivity contribution is 7.92. The van der Waals surface area contributed by atoms with Crippen molar-refractivity contribution < 1.29 is 22.7 Å². The van der Waals surface area contributed by atoms with E-state index in [0.29, 0.717) is 28.4 Å². The van der Waals surface area contributed by atoms with Crippen molar-refractivity contribution in [1.29, 1.82) is 0 Å². The number of amides is 2. The van der Waals surface area contributed by atoms with Crippen LogP contribution in [0.25, 0.3) is 0 Å². The van der Waals surface area contributed by atoms with E-state index in [4.69, 9.17) is 16.3 Å². The van der Waals surface area contributed by atoms with E-state index < -0.39 is 28.5 Å². The highest BCUT2D eigenvalue weighted by atomic mass is 35.5. The Morgan fingerprint density at radius 3 is 2.21 bits per heavy atom. The Bertz CT molecular complexity index is 1780.